The second-order valence-corrected chi connectivity index (χ2v) is 4.36. The SMILES string of the molecule is N#Cc1cnn(C[C@@H]2CO[C@H](CO)[C@H](O)[C@@H]2O)c1. The van der Waals surface area contributed by atoms with Crippen molar-refractivity contribution in [1.82, 2.24) is 9.78 Å². The lowest BCUT2D eigenvalue weighted by Gasteiger charge is -2.36. The molecule has 0 bridgehead atoms. The molecule has 3 N–H and O–H groups in total. The highest BCUT2D eigenvalue weighted by Crippen LogP contribution is 2.21. The lowest BCUT2D eigenvalue weighted by molar-refractivity contribution is -0.177. The molecule has 18 heavy (non-hydrogen) atoms. The third-order valence-electron chi connectivity index (χ3n) is 3.10. The molecule has 0 radical (unpaired) electrons. The van der Waals surface area contributed by atoms with Gasteiger partial charge in [-0.3, -0.25) is 4.68 Å². The van der Waals surface area contributed by atoms with Gasteiger partial charge in [0.1, 0.15) is 18.3 Å². The summed E-state index contributed by atoms with van der Waals surface area (Å²) in [4.78, 5) is 0. The molecular formula is C11H15N3O4. The van der Waals surface area contributed by atoms with E-state index in [-0.39, 0.29) is 19.1 Å². The second kappa shape index (κ2) is 5.46. The number of nitrogens with zero attached hydrogens (tertiary/aromatic N) is 3. The van der Waals surface area contributed by atoms with E-state index in [0.717, 1.165) is 0 Å². The Balaban J connectivity index is 2.00. The highest BCUT2D eigenvalue weighted by atomic mass is 16.5. The van der Waals surface area contributed by atoms with E-state index in [4.69, 9.17) is 15.1 Å². The van der Waals surface area contributed by atoms with Crippen molar-refractivity contribution in [3.05, 3.63) is 18.0 Å². The van der Waals surface area contributed by atoms with E-state index in [1.165, 1.54) is 10.9 Å². The summed E-state index contributed by atoms with van der Waals surface area (Å²) in [6.45, 7) is 0.245. The fraction of sp³-hybridized carbons (Fsp3) is 0.636. The summed E-state index contributed by atoms with van der Waals surface area (Å²) in [5.41, 5.74) is 0.440. The average Bonchev–Trinajstić information content (AvgIpc) is 2.83. The van der Waals surface area contributed by atoms with Crippen LogP contribution in [0.15, 0.2) is 12.4 Å². The van der Waals surface area contributed by atoms with Gasteiger partial charge >= 0.3 is 0 Å². The molecule has 1 aromatic heterocycles. The molecule has 98 valence electrons. The van der Waals surface area contributed by atoms with Crippen LogP contribution in [-0.2, 0) is 11.3 Å². The number of ether oxygens (including phenoxy) is 1. The van der Waals surface area contributed by atoms with Crippen LogP contribution < -0.4 is 0 Å². The van der Waals surface area contributed by atoms with Gasteiger partial charge in [-0.05, 0) is 0 Å². The minimum atomic E-state index is -1.11. The standard InChI is InChI=1S/C11H15N3O4/c12-1-7-2-13-14(3-7)4-8-6-18-9(5-15)11(17)10(8)16/h2-3,8-11,15-17H,4-6H2/t8-,9-,10-,11+/m1/s1. The first-order valence-corrected chi connectivity index (χ1v) is 5.67. The number of hydrogen-bond donors (Lipinski definition) is 3. The van der Waals surface area contributed by atoms with Crippen LogP contribution in [0.1, 0.15) is 5.56 Å². The number of hydrogen-bond acceptors (Lipinski definition) is 6. The molecule has 2 heterocycles. The molecule has 0 spiro atoms. The largest absolute Gasteiger partial charge is 0.394 e. The van der Waals surface area contributed by atoms with Gasteiger partial charge in [0.15, 0.2) is 0 Å². The fourth-order valence-electron chi connectivity index (χ4n) is 2.03. The van der Waals surface area contributed by atoms with Crippen LogP contribution in [0.3, 0.4) is 0 Å². The predicted molar refractivity (Wildman–Crippen MR) is 59.3 cm³/mol. The minimum absolute atomic E-state index is 0.227. The topological polar surface area (TPSA) is 112 Å². The summed E-state index contributed by atoms with van der Waals surface area (Å²) in [6.07, 6.45) is 0.161. The maximum absolute atomic E-state index is 9.92. The van der Waals surface area contributed by atoms with Crippen molar-refractivity contribution in [2.45, 2.75) is 24.9 Å². The lowest BCUT2D eigenvalue weighted by Crippen LogP contribution is -2.52. The van der Waals surface area contributed by atoms with E-state index in [9.17, 15) is 10.2 Å². The second-order valence-electron chi connectivity index (χ2n) is 4.36. The van der Waals surface area contributed by atoms with E-state index in [2.05, 4.69) is 5.10 Å². The molecule has 0 amide bonds. The molecule has 1 aromatic rings. The summed E-state index contributed by atoms with van der Waals surface area (Å²) in [5, 5.41) is 41.2. The van der Waals surface area contributed by atoms with Gasteiger partial charge in [-0.1, -0.05) is 0 Å². The zero-order valence-corrected chi connectivity index (χ0v) is 9.68. The van der Waals surface area contributed by atoms with Gasteiger partial charge in [0.2, 0.25) is 0 Å². The van der Waals surface area contributed by atoms with Gasteiger partial charge in [-0.25, -0.2) is 0 Å². The highest BCUT2D eigenvalue weighted by molar-refractivity contribution is 5.21. The maximum atomic E-state index is 9.92. The normalized spacial score (nSPS) is 32.1. The van der Waals surface area contributed by atoms with Crippen LogP contribution in [-0.4, -0.2) is 56.6 Å². The quantitative estimate of drug-likeness (QED) is 0.603. The summed E-state index contributed by atoms with van der Waals surface area (Å²) in [7, 11) is 0. The summed E-state index contributed by atoms with van der Waals surface area (Å²) < 4.78 is 6.79. The molecule has 4 atom stereocenters. The maximum Gasteiger partial charge on any atom is 0.109 e. The van der Waals surface area contributed by atoms with Crippen molar-refractivity contribution < 1.29 is 20.1 Å². The lowest BCUT2D eigenvalue weighted by atomic mass is 9.92. The van der Waals surface area contributed by atoms with Crippen LogP contribution in [0.25, 0.3) is 0 Å². The number of nitriles is 1. The highest BCUT2D eigenvalue weighted by Gasteiger charge is 2.38. The molecule has 1 saturated heterocycles. The molecule has 0 saturated carbocycles. The smallest absolute Gasteiger partial charge is 0.109 e. The zero-order chi connectivity index (χ0) is 13.1. The third-order valence-corrected chi connectivity index (χ3v) is 3.10. The van der Waals surface area contributed by atoms with Gasteiger partial charge in [0.25, 0.3) is 0 Å². The Morgan fingerprint density at radius 1 is 1.50 bits per heavy atom. The first-order valence-electron chi connectivity index (χ1n) is 5.67. The molecule has 0 unspecified atom stereocenters. The van der Waals surface area contributed by atoms with E-state index < -0.39 is 18.3 Å². The molecule has 2 rings (SSSR count). The molecule has 1 aliphatic rings. The van der Waals surface area contributed by atoms with Crippen LogP contribution >= 0.6 is 0 Å². The molecule has 1 aliphatic heterocycles. The van der Waals surface area contributed by atoms with Crippen molar-refractivity contribution >= 4 is 0 Å². The van der Waals surface area contributed by atoms with Gasteiger partial charge in [-0.15, -0.1) is 0 Å². The van der Waals surface area contributed by atoms with Crippen LogP contribution in [0.2, 0.25) is 0 Å². The molecule has 0 aromatic carbocycles. The van der Waals surface area contributed by atoms with Gasteiger partial charge in [-0.2, -0.15) is 10.4 Å². The van der Waals surface area contributed by atoms with Crippen molar-refractivity contribution in [2.24, 2.45) is 5.92 Å². The summed E-state index contributed by atoms with van der Waals surface area (Å²) in [6, 6.07) is 1.96. The summed E-state index contributed by atoms with van der Waals surface area (Å²) >= 11 is 0. The van der Waals surface area contributed by atoms with Crippen molar-refractivity contribution in [2.75, 3.05) is 13.2 Å². The molecule has 7 nitrogen and oxygen atoms in total. The molecule has 1 fully saturated rings. The van der Waals surface area contributed by atoms with Gasteiger partial charge in [0.05, 0.1) is 31.1 Å². The molecule has 0 aliphatic carbocycles. The Hall–Kier alpha value is -1.46. The first-order chi connectivity index (χ1) is 8.65. The fourth-order valence-corrected chi connectivity index (χ4v) is 2.03. The number of aliphatic hydroxyl groups excluding tert-OH is 3. The van der Waals surface area contributed by atoms with Crippen molar-refractivity contribution in [1.29, 1.82) is 5.26 Å². The number of aromatic nitrogens is 2. The molecule has 7 heteroatoms. The van der Waals surface area contributed by atoms with E-state index in [0.29, 0.717) is 12.1 Å². The Labute approximate surface area is 104 Å². The van der Waals surface area contributed by atoms with Gasteiger partial charge < -0.3 is 20.1 Å². The average molecular weight is 253 g/mol. The van der Waals surface area contributed by atoms with E-state index >= 15 is 0 Å². The number of aliphatic hydroxyl groups is 3. The van der Waals surface area contributed by atoms with Gasteiger partial charge in [0, 0.05) is 18.7 Å². The van der Waals surface area contributed by atoms with Crippen LogP contribution in [0.4, 0.5) is 0 Å². The van der Waals surface area contributed by atoms with E-state index in [1.807, 2.05) is 6.07 Å². The van der Waals surface area contributed by atoms with Crippen LogP contribution in [0, 0.1) is 17.2 Å². The Morgan fingerprint density at radius 3 is 2.89 bits per heavy atom. The Morgan fingerprint density at radius 2 is 2.28 bits per heavy atom. The third kappa shape index (κ3) is 2.52. The van der Waals surface area contributed by atoms with Crippen molar-refractivity contribution in [3.8, 4) is 6.07 Å². The minimum Gasteiger partial charge on any atom is -0.394 e. The Bertz CT molecular complexity index is 442. The number of rotatable bonds is 3. The predicted octanol–water partition coefficient (Wildman–Crippen LogP) is -1.52. The van der Waals surface area contributed by atoms with Crippen LogP contribution in [0.5, 0.6) is 0 Å². The summed E-state index contributed by atoms with van der Waals surface area (Å²) in [5.74, 6) is -0.325. The first kappa shape index (κ1) is 13.0. The van der Waals surface area contributed by atoms with E-state index in [1.54, 1.807) is 6.20 Å². The van der Waals surface area contributed by atoms with Crippen molar-refractivity contribution in [3.63, 3.8) is 0 Å². The monoisotopic (exact) mass is 253 g/mol. The molecular weight excluding hydrogens is 238 g/mol. The zero-order valence-electron chi connectivity index (χ0n) is 9.68. The Kier molecular flexibility index (Phi) is 3.93.